The molecule has 0 atom stereocenters. The number of rotatable bonds is 4. The van der Waals surface area contributed by atoms with Crippen LogP contribution >= 0.6 is 11.3 Å². The Labute approximate surface area is 172 Å². The van der Waals surface area contributed by atoms with E-state index in [1.54, 1.807) is 6.92 Å². The molecule has 1 aromatic carbocycles. The molecule has 0 saturated carbocycles. The van der Waals surface area contributed by atoms with Gasteiger partial charge < -0.3 is 15.0 Å². The van der Waals surface area contributed by atoms with E-state index in [1.165, 1.54) is 11.3 Å². The van der Waals surface area contributed by atoms with Crippen LogP contribution in [-0.2, 0) is 11.3 Å². The van der Waals surface area contributed by atoms with Crippen molar-refractivity contribution in [1.29, 1.82) is 0 Å². The fraction of sp³-hybridized carbons (Fsp3) is 0.381. The zero-order chi connectivity index (χ0) is 20.5. The van der Waals surface area contributed by atoms with Gasteiger partial charge >= 0.3 is 0 Å². The van der Waals surface area contributed by atoms with E-state index in [0.717, 1.165) is 29.9 Å². The summed E-state index contributed by atoms with van der Waals surface area (Å²) in [5.41, 5.74) is 3.38. The van der Waals surface area contributed by atoms with Crippen molar-refractivity contribution in [3.8, 4) is 0 Å². The fourth-order valence-corrected chi connectivity index (χ4v) is 4.68. The van der Waals surface area contributed by atoms with Crippen LogP contribution in [0.2, 0.25) is 0 Å². The molecular weight excluding hydrogens is 388 g/mol. The van der Waals surface area contributed by atoms with E-state index in [-0.39, 0.29) is 11.5 Å². The van der Waals surface area contributed by atoms with Crippen LogP contribution in [-0.4, -0.2) is 47.1 Å². The van der Waals surface area contributed by atoms with Crippen molar-refractivity contribution in [2.45, 2.75) is 27.3 Å². The number of fused-ring (bicyclic) bond motifs is 1. The second-order valence-electron chi connectivity index (χ2n) is 7.41. The maximum Gasteiger partial charge on any atom is 0.266 e. The van der Waals surface area contributed by atoms with Gasteiger partial charge in [0.2, 0.25) is 0 Å². The number of nitrogens with one attached hydrogen (secondary N) is 2. The number of amides is 1. The molecule has 0 bridgehead atoms. The number of thiophene rings is 1. The predicted molar refractivity (Wildman–Crippen MR) is 115 cm³/mol. The summed E-state index contributed by atoms with van der Waals surface area (Å²) in [6.07, 6.45) is 0. The first-order valence-corrected chi connectivity index (χ1v) is 10.4. The van der Waals surface area contributed by atoms with Crippen molar-refractivity contribution in [1.82, 2.24) is 14.9 Å². The molecule has 0 aliphatic carbocycles. The van der Waals surface area contributed by atoms with Crippen molar-refractivity contribution < 1.29 is 9.53 Å². The van der Waals surface area contributed by atoms with Crippen LogP contribution < -0.4 is 10.9 Å². The van der Waals surface area contributed by atoms with Crippen LogP contribution in [0, 0.1) is 20.8 Å². The smallest absolute Gasteiger partial charge is 0.266 e. The summed E-state index contributed by atoms with van der Waals surface area (Å²) < 4.78 is 5.36. The predicted octanol–water partition coefficient (Wildman–Crippen LogP) is 2.99. The Morgan fingerprint density at radius 3 is 2.76 bits per heavy atom. The quantitative estimate of drug-likeness (QED) is 0.688. The molecular formula is C21H24N4O3S. The largest absolute Gasteiger partial charge is 0.379 e. The number of hydrogen-bond donors (Lipinski definition) is 2. The molecule has 2 N–H and O–H groups in total. The van der Waals surface area contributed by atoms with Crippen LogP contribution in [0.25, 0.3) is 10.2 Å². The minimum atomic E-state index is -0.216. The number of ether oxygens (including phenoxy) is 1. The standard InChI is InChI=1S/C21H24N4O3S/c1-12-4-5-15(13(2)10-12)22-20(27)18-14(3)17-19(26)23-16(24-21(17)29-18)11-25-6-8-28-9-7-25/h4-5,10H,6-9,11H2,1-3H3,(H,22,27)(H,23,24,26). The molecule has 1 aliphatic rings. The van der Waals surface area contributed by atoms with Crippen molar-refractivity contribution in [3.05, 3.63) is 55.9 Å². The molecule has 152 valence electrons. The topological polar surface area (TPSA) is 87.3 Å². The fourth-order valence-electron chi connectivity index (χ4n) is 3.58. The third kappa shape index (κ3) is 4.10. The molecule has 3 aromatic rings. The van der Waals surface area contributed by atoms with Gasteiger partial charge in [0.05, 0.1) is 30.0 Å². The van der Waals surface area contributed by atoms with E-state index in [2.05, 4.69) is 20.2 Å². The molecule has 3 heterocycles. The van der Waals surface area contributed by atoms with Crippen LogP contribution in [0.1, 0.15) is 32.2 Å². The lowest BCUT2D eigenvalue weighted by atomic mass is 10.1. The third-order valence-electron chi connectivity index (χ3n) is 5.16. The van der Waals surface area contributed by atoms with Crippen LogP contribution in [0.4, 0.5) is 5.69 Å². The highest BCUT2D eigenvalue weighted by Gasteiger charge is 2.21. The molecule has 0 unspecified atom stereocenters. The monoisotopic (exact) mass is 412 g/mol. The van der Waals surface area contributed by atoms with Gasteiger partial charge in [0, 0.05) is 18.8 Å². The Bertz CT molecular complexity index is 1130. The Balaban J connectivity index is 1.63. The van der Waals surface area contributed by atoms with Gasteiger partial charge in [-0.05, 0) is 38.0 Å². The summed E-state index contributed by atoms with van der Waals surface area (Å²) >= 11 is 1.26. The number of carbonyl (C=O) groups excluding carboxylic acids is 1. The first-order chi connectivity index (χ1) is 13.9. The number of anilines is 1. The first kappa shape index (κ1) is 19.8. The highest BCUT2D eigenvalue weighted by Crippen LogP contribution is 2.28. The lowest BCUT2D eigenvalue weighted by Gasteiger charge is -2.25. The molecule has 29 heavy (non-hydrogen) atoms. The molecule has 1 saturated heterocycles. The highest BCUT2D eigenvalue weighted by atomic mass is 32.1. The van der Waals surface area contributed by atoms with Crippen LogP contribution in [0.3, 0.4) is 0 Å². The van der Waals surface area contributed by atoms with Gasteiger partial charge in [-0.25, -0.2) is 4.98 Å². The van der Waals surface area contributed by atoms with Gasteiger partial charge in [0.25, 0.3) is 11.5 Å². The Hall–Kier alpha value is -2.55. The number of morpholine rings is 1. The van der Waals surface area contributed by atoms with Gasteiger partial charge in [-0.15, -0.1) is 11.3 Å². The Kier molecular flexibility index (Phi) is 5.49. The van der Waals surface area contributed by atoms with Crippen molar-refractivity contribution in [2.75, 3.05) is 31.6 Å². The van der Waals surface area contributed by atoms with Crippen molar-refractivity contribution in [3.63, 3.8) is 0 Å². The minimum Gasteiger partial charge on any atom is -0.379 e. The second-order valence-corrected chi connectivity index (χ2v) is 8.41. The molecule has 1 amide bonds. The van der Waals surface area contributed by atoms with E-state index in [9.17, 15) is 9.59 Å². The van der Waals surface area contributed by atoms with E-state index in [4.69, 9.17) is 4.74 Å². The van der Waals surface area contributed by atoms with Crippen molar-refractivity contribution >= 4 is 33.1 Å². The molecule has 1 fully saturated rings. The average Bonchev–Trinajstić information content (AvgIpc) is 3.02. The number of benzene rings is 1. The van der Waals surface area contributed by atoms with E-state index in [0.29, 0.717) is 46.2 Å². The van der Waals surface area contributed by atoms with Crippen LogP contribution in [0.15, 0.2) is 23.0 Å². The minimum absolute atomic E-state index is 0.197. The van der Waals surface area contributed by atoms with Gasteiger partial charge in [-0.2, -0.15) is 0 Å². The number of H-pyrrole nitrogens is 1. The Morgan fingerprint density at radius 1 is 1.28 bits per heavy atom. The first-order valence-electron chi connectivity index (χ1n) is 9.63. The summed E-state index contributed by atoms with van der Waals surface area (Å²) in [7, 11) is 0. The zero-order valence-corrected chi connectivity index (χ0v) is 17.6. The molecule has 0 spiro atoms. The summed E-state index contributed by atoms with van der Waals surface area (Å²) in [5.74, 6) is 0.401. The number of aromatic nitrogens is 2. The lowest BCUT2D eigenvalue weighted by Crippen LogP contribution is -2.36. The van der Waals surface area contributed by atoms with E-state index >= 15 is 0 Å². The number of aromatic amines is 1. The van der Waals surface area contributed by atoms with E-state index in [1.807, 2.05) is 32.0 Å². The van der Waals surface area contributed by atoms with Gasteiger partial charge in [-0.1, -0.05) is 17.7 Å². The molecule has 4 rings (SSSR count). The molecule has 1 aliphatic heterocycles. The average molecular weight is 413 g/mol. The maximum atomic E-state index is 12.9. The van der Waals surface area contributed by atoms with Gasteiger partial charge in [-0.3, -0.25) is 14.5 Å². The number of carbonyl (C=O) groups is 1. The van der Waals surface area contributed by atoms with Gasteiger partial charge in [0.1, 0.15) is 10.7 Å². The number of hydrogen-bond acceptors (Lipinski definition) is 6. The van der Waals surface area contributed by atoms with Crippen molar-refractivity contribution in [2.24, 2.45) is 0 Å². The number of aryl methyl sites for hydroxylation is 3. The molecule has 2 aromatic heterocycles. The summed E-state index contributed by atoms with van der Waals surface area (Å²) in [4.78, 5) is 36.4. The molecule has 7 nitrogen and oxygen atoms in total. The maximum absolute atomic E-state index is 12.9. The zero-order valence-electron chi connectivity index (χ0n) is 16.8. The van der Waals surface area contributed by atoms with E-state index < -0.39 is 0 Å². The third-order valence-corrected chi connectivity index (χ3v) is 6.35. The summed E-state index contributed by atoms with van der Waals surface area (Å²) in [6, 6.07) is 5.89. The summed E-state index contributed by atoms with van der Waals surface area (Å²) in [6.45, 7) is 9.35. The summed E-state index contributed by atoms with van der Waals surface area (Å²) in [5, 5.41) is 3.46. The second kappa shape index (κ2) is 8.06. The lowest BCUT2D eigenvalue weighted by molar-refractivity contribution is 0.0331. The normalized spacial score (nSPS) is 15.0. The SMILES string of the molecule is Cc1ccc(NC(=O)c2sc3nc(CN4CCOCC4)[nH]c(=O)c3c2C)c(C)c1. The Morgan fingerprint density at radius 2 is 2.03 bits per heavy atom. The number of nitrogens with zero attached hydrogens (tertiary/aromatic N) is 2. The van der Waals surface area contributed by atoms with Crippen LogP contribution in [0.5, 0.6) is 0 Å². The van der Waals surface area contributed by atoms with Gasteiger partial charge in [0.15, 0.2) is 0 Å². The highest BCUT2D eigenvalue weighted by molar-refractivity contribution is 7.20. The molecule has 8 heteroatoms. The molecule has 0 radical (unpaired) electrons.